The second kappa shape index (κ2) is 17.7. The Labute approximate surface area is 355 Å². The molecule has 15 nitrogen and oxygen atoms in total. The highest BCUT2D eigenvalue weighted by Gasteiger charge is 2.50. The molecule has 15 heteroatoms. The number of amides is 1. The summed E-state index contributed by atoms with van der Waals surface area (Å²) >= 11 is 0. The van der Waals surface area contributed by atoms with Gasteiger partial charge in [-0.1, -0.05) is 59.8 Å². The van der Waals surface area contributed by atoms with Crippen molar-refractivity contribution in [3.8, 4) is 17.2 Å². The number of hydrogen-bond acceptors (Lipinski definition) is 14. The van der Waals surface area contributed by atoms with Crippen molar-refractivity contribution >= 4 is 40.4 Å². The van der Waals surface area contributed by atoms with E-state index in [9.17, 15) is 39.6 Å². The van der Waals surface area contributed by atoms with Crippen molar-refractivity contribution in [1.29, 1.82) is 0 Å². The fraction of sp³-hybridized carbons (Fsp3) is 0.565. The Balaban J connectivity index is 1.50. The van der Waals surface area contributed by atoms with Crippen molar-refractivity contribution < 1.29 is 53.8 Å². The Morgan fingerprint density at radius 3 is 2.34 bits per heavy atom. The molecule has 1 fully saturated rings. The number of aromatic hydroxyl groups is 2. The molecule has 4 unspecified atom stereocenters. The van der Waals surface area contributed by atoms with Crippen molar-refractivity contribution in [2.45, 2.75) is 118 Å². The highest BCUT2D eigenvalue weighted by atomic mass is 16.7. The Kier molecular flexibility index (Phi) is 13.2. The van der Waals surface area contributed by atoms with Crippen LogP contribution in [0.25, 0.3) is 10.8 Å². The van der Waals surface area contributed by atoms with Gasteiger partial charge in [0.25, 0.3) is 11.7 Å². The van der Waals surface area contributed by atoms with Crippen molar-refractivity contribution in [3.63, 3.8) is 0 Å². The van der Waals surface area contributed by atoms with Crippen LogP contribution in [0.5, 0.6) is 17.2 Å². The second-order valence-corrected chi connectivity index (χ2v) is 17.9. The number of aliphatic hydroxyl groups is 2. The third-order valence-electron chi connectivity index (χ3n) is 12.7. The van der Waals surface area contributed by atoms with Crippen LogP contribution in [0.4, 0.5) is 5.69 Å². The van der Waals surface area contributed by atoms with Crippen LogP contribution in [0.15, 0.2) is 46.1 Å². The summed E-state index contributed by atoms with van der Waals surface area (Å²) in [5, 5.41) is 50.0. The molecule has 2 aromatic carbocycles. The summed E-state index contributed by atoms with van der Waals surface area (Å²) in [6.07, 6.45) is 6.01. The minimum absolute atomic E-state index is 0.0401. The van der Waals surface area contributed by atoms with Crippen LogP contribution in [0.1, 0.15) is 97.0 Å². The number of benzene rings is 2. The lowest BCUT2D eigenvalue weighted by Crippen LogP contribution is -2.44. The zero-order chi connectivity index (χ0) is 44.7. The van der Waals surface area contributed by atoms with E-state index in [4.69, 9.17) is 24.2 Å². The average molecular weight is 845 g/mol. The first-order chi connectivity index (χ1) is 28.7. The lowest BCUT2D eigenvalue weighted by Gasteiger charge is -2.36. The zero-order valence-electron chi connectivity index (χ0n) is 36.5. The third-order valence-corrected chi connectivity index (χ3v) is 12.7. The van der Waals surface area contributed by atoms with Gasteiger partial charge in [0.15, 0.2) is 11.4 Å². The monoisotopic (exact) mass is 844 g/mol. The van der Waals surface area contributed by atoms with Crippen LogP contribution < -0.4 is 20.8 Å². The van der Waals surface area contributed by atoms with Gasteiger partial charge in [0.2, 0.25) is 0 Å². The largest absolute Gasteiger partial charge is 0.507 e. The Hall–Kier alpha value is -5.12. The van der Waals surface area contributed by atoms with E-state index < -0.39 is 83.3 Å². The van der Waals surface area contributed by atoms with Crippen LogP contribution >= 0.6 is 0 Å². The first-order valence-electron chi connectivity index (χ1n) is 21.2. The zero-order valence-corrected chi connectivity index (χ0v) is 36.5. The number of nitrogens with zero attached hydrogens (tertiary/aromatic N) is 3. The van der Waals surface area contributed by atoms with Crippen LogP contribution in [0, 0.1) is 36.5 Å². The van der Waals surface area contributed by atoms with Gasteiger partial charge in [-0.25, -0.2) is 0 Å². The molecule has 5 aliphatic heterocycles. The smallest absolute Gasteiger partial charge is 0.313 e. The number of carbonyl (C=O) groups is 4. The van der Waals surface area contributed by atoms with Gasteiger partial charge in [0.05, 0.1) is 34.8 Å². The quantitative estimate of drug-likeness (QED) is 0.120. The number of esters is 1. The van der Waals surface area contributed by atoms with Crippen LogP contribution in [0.3, 0.4) is 0 Å². The average Bonchev–Trinajstić information content (AvgIpc) is 3.71. The normalized spacial score (nSPS) is 31.3. The minimum Gasteiger partial charge on any atom is -0.507 e. The van der Waals surface area contributed by atoms with E-state index in [0.29, 0.717) is 38.1 Å². The van der Waals surface area contributed by atoms with Crippen LogP contribution in [-0.4, -0.2) is 98.7 Å². The fourth-order valence-electron chi connectivity index (χ4n) is 9.00. The number of aldehydes is 1. The van der Waals surface area contributed by atoms with Gasteiger partial charge < -0.3 is 49.6 Å². The summed E-state index contributed by atoms with van der Waals surface area (Å²) in [7, 11) is 0. The number of Topliss-reactive ketones (excluding diaryl/α,β-unsaturated/α-hetero) is 1. The van der Waals surface area contributed by atoms with Gasteiger partial charge in [-0.3, -0.25) is 24.4 Å². The number of rotatable bonds is 5. The Morgan fingerprint density at radius 2 is 1.69 bits per heavy atom. The van der Waals surface area contributed by atoms with E-state index in [-0.39, 0.29) is 61.8 Å². The van der Waals surface area contributed by atoms with Gasteiger partial charge in [0.1, 0.15) is 41.4 Å². The number of hydrogen-bond donors (Lipinski definition) is 5. The molecule has 7 rings (SSSR count). The van der Waals surface area contributed by atoms with E-state index in [1.807, 2.05) is 0 Å². The molecule has 0 saturated carbocycles. The molecule has 1 amide bonds. The first-order valence-corrected chi connectivity index (χ1v) is 21.2. The molecule has 0 aliphatic carbocycles. The molecule has 8 atom stereocenters. The van der Waals surface area contributed by atoms with Gasteiger partial charge in [-0.2, -0.15) is 0 Å². The molecule has 1 saturated heterocycles. The predicted octanol–water partition coefficient (Wildman–Crippen LogP) is 4.69. The highest BCUT2D eigenvalue weighted by Crippen LogP contribution is 2.50. The number of phenols is 2. The summed E-state index contributed by atoms with van der Waals surface area (Å²) < 4.78 is 18.0. The summed E-state index contributed by atoms with van der Waals surface area (Å²) in [5.74, 6) is -6.54. The Morgan fingerprint density at radius 1 is 1.02 bits per heavy atom. The summed E-state index contributed by atoms with van der Waals surface area (Å²) in [6.45, 7) is 18.2. The molecule has 5 heterocycles. The molecule has 2 aromatic rings. The fourth-order valence-corrected chi connectivity index (χ4v) is 9.00. The summed E-state index contributed by atoms with van der Waals surface area (Å²) in [4.78, 5) is 64.9. The molecule has 0 aromatic heterocycles. The van der Waals surface area contributed by atoms with E-state index in [0.717, 1.165) is 6.54 Å². The number of nitrogens with one attached hydrogen (secondary N) is 1. The van der Waals surface area contributed by atoms with Crippen molar-refractivity contribution in [3.05, 3.63) is 58.0 Å². The van der Waals surface area contributed by atoms with Crippen molar-refractivity contribution in [2.75, 3.05) is 25.0 Å². The first kappa shape index (κ1) is 45.4. The number of piperidine rings is 1. The molecule has 5 N–H and O–H groups in total. The van der Waals surface area contributed by atoms with E-state index in [1.54, 1.807) is 65.8 Å². The molecular weight excluding hydrogens is 785 g/mol. The molecule has 5 aliphatic rings. The molecule has 61 heavy (non-hydrogen) atoms. The number of aliphatic hydroxyl groups excluding tert-OH is 2. The maximum absolute atomic E-state index is 14.6. The molecule has 330 valence electrons. The van der Waals surface area contributed by atoms with Crippen LogP contribution in [0.2, 0.25) is 0 Å². The summed E-state index contributed by atoms with van der Waals surface area (Å²) in [5.41, 5.74) is -0.581. The molecular formula is C46H60N4O11. The van der Waals surface area contributed by atoms with E-state index in [1.165, 1.54) is 13.2 Å². The topological polar surface area (TPSA) is 217 Å². The number of fused-ring (bicyclic) bond motifs is 13. The van der Waals surface area contributed by atoms with Crippen molar-refractivity contribution in [1.82, 2.24) is 4.90 Å². The standard InChI is InChI=1S/C46H60N4O11/c1-23(2)22-50-18-16-46(17-19-50)48-34-31-32-39(55)29(8)42-33(31)43(57)45(9,61-42)59-21-11-14-25(4)41(60-30(52)15-20-51)28(7)38(54)27(6)37(53)24(3)12-10-13-26(5)44(58)47-36(40(32)56)35(34)49-46/h10-13,20-21,23-25,27-28,37-38,41,53-56H,14-19,22H2,1-9H3,(H,47,58)/b12-10+,21-11+,26-13-/t24?,25-,27-,28-,37+,38?,41?,45?/m1/s1. The number of likely N-dealkylation sites (tertiary alicyclic amines) is 1. The van der Waals surface area contributed by atoms with E-state index in [2.05, 4.69) is 24.1 Å². The number of carbonyl (C=O) groups excluding carboxylic acids is 4. The molecule has 0 radical (unpaired) electrons. The maximum atomic E-state index is 14.6. The third kappa shape index (κ3) is 8.69. The number of allylic oxidation sites excluding steroid dienone is 3. The number of ether oxygens (including phenoxy) is 3. The van der Waals surface area contributed by atoms with Crippen LogP contribution in [-0.2, 0) is 23.9 Å². The summed E-state index contributed by atoms with van der Waals surface area (Å²) in [6, 6.07) is 0. The molecule has 5 bridgehead atoms. The number of phenolic OH excluding ortho intramolecular Hbond substituents is 2. The number of anilines is 1. The lowest BCUT2D eigenvalue weighted by molar-refractivity contribution is -0.160. The maximum Gasteiger partial charge on any atom is 0.313 e. The Bertz CT molecular complexity index is 2310. The van der Waals surface area contributed by atoms with Crippen molar-refractivity contribution in [2.24, 2.45) is 39.6 Å². The number of ketones is 1. The van der Waals surface area contributed by atoms with Gasteiger partial charge in [-0.15, -0.1) is 0 Å². The highest BCUT2D eigenvalue weighted by molar-refractivity contribution is 6.19. The van der Waals surface area contributed by atoms with Gasteiger partial charge in [0, 0.05) is 73.7 Å². The van der Waals surface area contributed by atoms with Gasteiger partial charge >= 0.3 is 11.8 Å². The second-order valence-electron chi connectivity index (χ2n) is 17.9. The molecule has 1 spiro atoms. The van der Waals surface area contributed by atoms with E-state index >= 15 is 0 Å². The minimum atomic E-state index is -1.93. The lowest BCUT2D eigenvalue weighted by atomic mass is 9.79. The SMILES string of the molecule is C/C1=C/C=C/C(C)[C@H](O)[C@@H](C)C(O)[C@@H](C)C(OC(=O)CC=O)[C@H](C)C/C=C/OC2(C)Oc3c(C)c(O)c4c(O)c(c5c(c4c3C2=O)=NC2(CCN(CC(C)C)CC2)N=5)NC1=O. The van der Waals surface area contributed by atoms with Gasteiger partial charge in [-0.05, 0) is 38.2 Å². The predicted molar refractivity (Wildman–Crippen MR) is 227 cm³/mol.